The third-order valence-electron chi connectivity index (χ3n) is 8.78. The van der Waals surface area contributed by atoms with Crippen molar-refractivity contribution in [1.82, 2.24) is 0 Å². The molecule has 6 heteroatoms. The maximum Gasteiger partial charge on any atom is -1.00 e. The van der Waals surface area contributed by atoms with Crippen LogP contribution < -0.4 is 24.8 Å². The summed E-state index contributed by atoms with van der Waals surface area (Å²) in [7, 11) is 12.5. The molecule has 0 nitrogen and oxygen atoms in total. The Kier molecular flexibility index (Phi) is 12.9. The Bertz CT molecular complexity index is 1370. The summed E-state index contributed by atoms with van der Waals surface area (Å²) in [6, 6.07) is 17.4. The van der Waals surface area contributed by atoms with E-state index in [-0.39, 0.29) is 24.8 Å². The van der Waals surface area contributed by atoms with Crippen molar-refractivity contribution in [1.29, 1.82) is 0 Å². The smallest absolute Gasteiger partial charge is 1.00 e. The minimum atomic E-state index is -3.26. The van der Waals surface area contributed by atoms with E-state index >= 15 is 0 Å². The molecule has 0 heterocycles. The van der Waals surface area contributed by atoms with Gasteiger partial charge >= 0.3 is 155 Å². The topological polar surface area (TPSA) is 0 Å². The van der Waals surface area contributed by atoms with E-state index in [0.717, 1.165) is 6.42 Å². The summed E-state index contributed by atoms with van der Waals surface area (Å²) < 4.78 is 6.93. The van der Waals surface area contributed by atoms with E-state index < -0.39 is 16.4 Å². The van der Waals surface area contributed by atoms with Gasteiger partial charge in [-0.1, -0.05) is 72.8 Å². The van der Waals surface area contributed by atoms with Gasteiger partial charge in [-0.25, -0.2) is 0 Å². The first-order chi connectivity index (χ1) is 18.2. The second-order valence-electron chi connectivity index (χ2n) is 12.2. The van der Waals surface area contributed by atoms with Crippen molar-refractivity contribution in [3.8, 4) is 0 Å². The van der Waals surface area contributed by atoms with Crippen molar-refractivity contribution in [2.45, 2.75) is 62.1 Å². The molecule has 0 N–H and O–H groups in total. The van der Waals surface area contributed by atoms with E-state index in [1.165, 1.54) is 36.7 Å². The fraction of sp³-hybridized carbons (Fsp3) is 0.314. The number of allylic oxidation sites excluding steroid dienone is 10. The maximum atomic E-state index is 6.26. The first kappa shape index (κ1) is 37.0. The van der Waals surface area contributed by atoms with Gasteiger partial charge in [0.2, 0.25) is 0 Å². The van der Waals surface area contributed by atoms with Crippen LogP contribution in [0, 0.1) is 5.41 Å². The Morgan fingerprint density at radius 2 is 1.24 bits per heavy atom. The number of hydrogen-bond acceptors (Lipinski definition) is 0. The monoisotopic (exact) mass is 780 g/mol. The molecule has 0 bridgehead atoms. The van der Waals surface area contributed by atoms with Crippen molar-refractivity contribution in [2.24, 2.45) is 5.41 Å². The van der Waals surface area contributed by atoms with E-state index in [2.05, 4.69) is 120 Å². The van der Waals surface area contributed by atoms with Crippen molar-refractivity contribution < 1.29 is 65.9 Å². The first-order valence-electron chi connectivity index (χ1n) is 13.8. The Balaban J connectivity index is 0.000000224. The molecular formula is C35H40Cl4Zr2. The van der Waals surface area contributed by atoms with Gasteiger partial charge in [-0.3, -0.25) is 0 Å². The van der Waals surface area contributed by atoms with Gasteiger partial charge in [-0.05, 0) is 22.3 Å². The van der Waals surface area contributed by atoms with Crippen LogP contribution in [0.3, 0.4) is 0 Å². The van der Waals surface area contributed by atoms with Crippen LogP contribution in [0.25, 0.3) is 12.2 Å². The van der Waals surface area contributed by atoms with Gasteiger partial charge in [0.15, 0.2) is 0 Å². The fourth-order valence-electron chi connectivity index (χ4n) is 5.73. The van der Waals surface area contributed by atoms with Crippen LogP contribution in [-0.4, -0.2) is 0 Å². The minimum absolute atomic E-state index is 0. The molecule has 0 saturated heterocycles. The number of fused-ring (bicyclic) bond motifs is 2. The summed E-state index contributed by atoms with van der Waals surface area (Å²) >= 11 is -1.69. The van der Waals surface area contributed by atoms with E-state index in [1.807, 2.05) is 15.3 Å². The molecule has 4 aliphatic carbocycles. The normalized spacial score (nSPS) is 21.8. The SMILES string of the molecule is C1=CC(C2C=Cc3ccccc32)c2ccccc21.CC1=C(C)C(C)(C)[C]([Zr+2])=C1C.[CH3][Zr]([CH3])([Cl])([Cl])[C]1=CC=CC1.[Cl-].[Cl-]. The molecule has 2 aromatic carbocycles. The molecule has 6 rings (SSSR count). The largest absolute Gasteiger partial charge is 1.00 e. The average Bonchev–Trinajstić information content (AvgIpc) is 3.68. The molecule has 0 fully saturated rings. The van der Waals surface area contributed by atoms with Crippen molar-refractivity contribution in [3.05, 3.63) is 124 Å². The molecule has 0 radical (unpaired) electrons. The average molecular weight is 785 g/mol. The quantitative estimate of drug-likeness (QED) is 0.366. The van der Waals surface area contributed by atoms with Crippen molar-refractivity contribution in [3.63, 3.8) is 0 Å². The second-order valence-corrected chi connectivity index (χ2v) is 39.5. The summed E-state index contributed by atoms with van der Waals surface area (Å²) in [6.07, 6.45) is 16.4. The number of rotatable bonds is 2. The Morgan fingerprint density at radius 3 is 1.54 bits per heavy atom. The standard InChI is InChI=1S/C18H14.C10H15.C5H5.2CH3.4ClH.2Zr/c1-3-7-15-13(5-1)9-11-17(15)18-12-10-14-6-2-4-8-16(14)18;1-7-6-10(4,5)9(3)8(7)2;1-2-4-5-3-1;;;;;;;;/h1-12,17-18H;1-5H3;1-3H,4H2;2*1H3;4*1H;;/q;;;;;;;;;2*+2/p-4. The van der Waals surface area contributed by atoms with Crippen LogP contribution in [-0.2, 0) is 41.1 Å². The van der Waals surface area contributed by atoms with Crippen LogP contribution in [0.1, 0.15) is 75.1 Å². The molecule has 0 spiro atoms. The summed E-state index contributed by atoms with van der Waals surface area (Å²) in [5, 5.41) is 0. The molecule has 41 heavy (non-hydrogen) atoms. The summed E-state index contributed by atoms with van der Waals surface area (Å²) in [5.74, 6) is 1.00. The molecule has 2 atom stereocenters. The van der Waals surface area contributed by atoms with Crippen LogP contribution in [0.4, 0.5) is 0 Å². The van der Waals surface area contributed by atoms with E-state index in [1.54, 1.807) is 33.6 Å². The second kappa shape index (κ2) is 14.3. The zero-order valence-corrected chi connectivity index (χ0v) is 33.0. The molecule has 2 aromatic rings. The minimum Gasteiger partial charge on any atom is -1.00 e. The summed E-state index contributed by atoms with van der Waals surface area (Å²) in [4.78, 5) is 0. The molecule has 0 saturated carbocycles. The Morgan fingerprint density at radius 1 is 0.780 bits per heavy atom. The summed E-state index contributed by atoms with van der Waals surface area (Å²) in [5.41, 5.74) is 10.6. The number of hydrogen-bond donors (Lipinski definition) is 0. The molecular weight excluding hydrogens is 745 g/mol. The molecule has 216 valence electrons. The van der Waals surface area contributed by atoms with Crippen LogP contribution in [0.2, 0.25) is 9.26 Å². The first-order valence-corrected chi connectivity index (χ1v) is 27.5. The molecule has 0 aliphatic heterocycles. The van der Waals surface area contributed by atoms with Crippen LogP contribution in [0.15, 0.2) is 102 Å². The molecule has 2 unspecified atom stereocenters. The molecule has 4 aliphatic rings. The number of halogens is 4. The zero-order valence-electron chi connectivity index (χ0n) is 25.0. The van der Waals surface area contributed by atoms with Gasteiger partial charge in [0.25, 0.3) is 0 Å². The van der Waals surface area contributed by atoms with Crippen LogP contribution >= 0.6 is 17.0 Å². The fourth-order valence-corrected chi connectivity index (χ4v) is 11.4. The Labute approximate surface area is 284 Å². The summed E-state index contributed by atoms with van der Waals surface area (Å²) in [6.45, 7) is 11.4. The molecule has 0 amide bonds. The van der Waals surface area contributed by atoms with Gasteiger partial charge in [0.1, 0.15) is 0 Å². The van der Waals surface area contributed by atoms with Gasteiger partial charge < -0.3 is 24.8 Å². The van der Waals surface area contributed by atoms with Crippen LogP contribution in [0.5, 0.6) is 0 Å². The van der Waals surface area contributed by atoms with Gasteiger partial charge in [-0.2, -0.15) is 0 Å². The van der Waals surface area contributed by atoms with Gasteiger partial charge in [0.05, 0.1) is 0 Å². The maximum absolute atomic E-state index is 6.26. The zero-order chi connectivity index (χ0) is 28.6. The molecule has 0 aromatic heterocycles. The van der Waals surface area contributed by atoms with Gasteiger partial charge in [0, 0.05) is 11.8 Å². The predicted molar refractivity (Wildman–Crippen MR) is 167 cm³/mol. The van der Waals surface area contributed by atoms with Crippen molar-refractivity contribution >= 4 is 29.2 Å². The third kappa shape index (κ3) is 8.30. The van der Waals surface area contributed by atoms with E-state index in [0.29, 0.717) is 17.3 Å². The Hall–Kier alpha value is -0.194. The predicted octanol–water partition coefficient (Wildman–Crippen LogP) is 5.72. The van der Waals surface area contributed by atoms with Gasteiger partial charge in [-0.15, -0.1) is 0 Å². The van der Waals surface area contributed by atoms with E-state index in [9.17, 15) is 0 Å². The third-order valence-corrected chi connectivity index (χ3v) is 19.4. The number of benzene rings is 2. The van der Waals surface area contributed by atoms with Crippen molar-refractivity contribution in [2.75, 3.05) is 0 Å². The van der Waals surface area contributed by atoms with E-state index in [4.69, 9.17) is 17.0 Å².